The zero-order chi connectivity index (χ0) is 21.2. The van der Waals surface area contributed by atoms with E-state index >= 15 is 0 Å². The summed E-state index contributed by atoms with van der Waals surface area (Å²) in [5.74, 6) is -0.325. The molecule has 1 aliphatic rings. The number of aliphatic hydroxyl groups is 1. The zero-order valence-corrected chi connectivity index (χ0v) is 17.2. The summed E-state index contributed by atoms with van der Waals surface area (Å²) in [6.07, 6.45) is 2.38. The number of cyclic esters (lactones) is 1. The molecule has 0 saturated carbocycles. The number of hydrogen-bond acceptors (Lipinski definition) is 3. The minimum Gasteiger partial charge on any atom is -0.437 e. The molecule has 2 aromatic carbocycles. The van der Waals surface area contributed by atoms with Crippen LogP contribution in [0.2, 0.25) is 0 Å². The van der Waals surface area contributed by atoms with Gasteiger partial charge in [-0.2, -0.15) is 0 Å². The van der Waals surface area contributed by atoms with Gasteiger partial charge in [-0.15, -0.1) is 6.58 Å². The summed E-state index contributed by atoms with van der Waals surface area (Å²) in [4.78, 5) is 14.6. The van der Waals surface area contributed by atoms with Crippen LogP contribution in [0.15, 0.2) is 61.2 Å². The van der Waals surface area contributed by atoms with E-state index in [1.165, 1.54) is 12.1 Å². The van der Waals surface area contributed by atoms with Gasteiger partial charge in [0.25, 0.3) is 0 Å². The molecule has 1 N–H and O–H groups in total. The third-order valence-electron chi connectivity index (χ3n) is 5.69. The lowest BCUT2D eigenvalue weighted by molar-refractivity contribution is -0.0589. The number of amides is 1. The number of carbonyl (C=O) groups is 1. The number of rotatable bonds is 6. The number of hydrogen-bond donors (Lipinski definition) is 1. The average molecular weight is 397 g/mol. The van der Waals surface area contributed by atoms with Crippen LogP contribution in [-0.4, -0.2) is 22.6 Å². The van der Waals surface area contributed by atoms with Gasteiger partial charge in [-0.25, -0.2) is 9.18 Å². The summed E-state index contributed by atoms with van der Waals surface area (Å²) in [6, 6.07) is 13.5. The predicted octanol–water partition coefficient (Wildman–Crippen LogP) is 5.43. The van der Waals surface area contributed by atoms with Crippen LogP contribution in [0.4, 0.5) is 9.18 Å². The zero-order valence-electron chi connectivity index (χ0n) is 17.2. The fraction of sp³-hybridized carbons (Fsp3) is 0.375. The number of carbonyl (C=O) groups excluding carboxylic acids is 1. The minimum absolute atomic E-state index is 0.173. The Morgan fingerprint density at radius 1 is 1.24 bits per heavy atom. The molecule has 0 radical (unpaired) electrons. The summed E-state index contributed by atoms with van der Waals surface area (Å²) < 4.78 is 19.3. The molecule has 1 unspecified atom stereocenters. The average Bonchev–Trinajstić information content (AvgIpc) is 2.68. The van der Waals surface area contributed by atoms with Gasteiger partial charge in [0.15, 0.2) is 0 Å². The Balaban J connectivity index is 1.80. The van der Waals surface area contributed by atoms with Crippen molar-refractivity contribution in [3.63, 3.8) is 0 Å². The van der Waals surface area contributed by atoms with Gasteiger partial charge in [0.1, 0.15) is 11.4 Å². The van der Waals surface area contributed by atoms with E-state index in [4.69, 9.17) is 4.74 Å². The van der Waals surface area contributed by atoms with Crippen molar-refractivity contribution < 1.29 is 19.0 Å². The van der Waals surface area contributed by atoms with Gasteiger partial charge >= 0.3 is 6.09 Å². The van der Waals surface area contributed by atoms with E-state index in [1.807, 2.05) is 31.2 Å². The van der Waals surface area contributed by atoms with Crippen LogP contribution in [0.5, 0.6) is 0 Å². The van der Waals surface area contributed by atoms with Crippen molar-refractivity contribution in [1.29, 1.82) is 0 Å². The Labute approximate surface area is 171 Å². The highest BCUT2D eigenvalue weighted by molar-refractivity contribution is 5.70. The van der Waals surface area contributed by atoms with Crippen LogP contribution in [0, 0.1) is 5.82 Å². The Hall–Kier alpha value is -2.66. The second-order valence-electron chi connectivity index (χ2n) is 8.16. The first-order chi connectivity index (χ1) is 13.7. The monoisotopic (exact) mass is 397 g/mol. The van der Waals surface area contributed by atoms with Crippen molar-refractivity contribution in [3.8, 4) is 0 Å². The lowest BCUT2D eigenvalue weighted by atomic mass is 9.85. The van der Waals surface area contributed by atoms with Gasteiger partial charge in [-0.1, -0.05) is 42.5 Å². The van der Waals surface area contributed by atoms with Gasteiger partial charge in [-0.3, -0.25) is 0 Å². The maximum absolute atomic E-state index is 13.3. The van der Waals surface area contributed by atoms with Gasteiger partial charge < -0.3 is 14.7 Å². The van der Waals surface area contributed by atoms with Crippen LogP contribution in [0.3, 0.4) is 0 Å². The van der Waals surface area contributed by atoms with E-state index in [1.54, 1.807) is 37.0 Å². The first-order valence-corrected chi connectivity index (χ1v) is 9.86. The van der Waals surface area contributed by atoms with Crippen molar-refractivity contribution in [3.05, 3.63) is 83.7 Å². The third kappa shape index (κ3) is 4.35. The Kier molecular flexibility index (Phi) is 5.80. The first kappa shape index (κ1) is 21.1. The van der Waals surface area contributed by atoms with Crippen molar-refractivity contribution in [2.24, 2.45) is 0 Å². The molecular formula is C24H28FNO3. The number of ether oxygens (including phenoxy) is 1. The molecule has 2 atom stereocenters. The highest BCUT2D eigenvalue weighted by atomic mass is 19.1. The Morgan fingerprint density at radius 3 is 2.38 bits per heavy atom. The standard InChI is InChI=1S/C24H28FNO3/c1-5-14-24(20-10-12-21(25)13-11-20)15-16-26(22(27)29-24)17(2)18-6-8-19(9-7-18)23(3,4)28/h5-13,17,28H,1,14-16H2,2-4H3/t17-,24?/m0/s1. The molecule has 4 nitrogen and oxygen atoms in total. The normalized spacial score (nSPS) is 20.9. The summed E-state index contributed by atoms with van der Waals surface area (Å²) in [5, 5.41) is 10.1. The molecule has 0 bridgehead atoms. The lowest BCUT2D eigenvalue weighted by Gasteiger charge is -2.43. The number of nitrogens with zero attached hydrogens (tertiary/aromatic N) is 1. The van der Waals surface area contributed by atoms with E-state index in [9.17, 15) is 14.3 Å². The summed E-state index contributed by atoms with van der Waals surface area (Å²) in [7, 11) is 0. The summed E-state index contributed by atoms with van der Waals surface area (Å²) >= 11 is 0. The molecule has 2 aromatic rings. The molecule has 29 heavy (non-hydrogen) atoms. The molecule has 1 heterocycles. The lowest BCUT2D eigenvalue weighted by Crippen LogP contribution is -2.48. The molecule has 1 aliphatic heterocycles. The van der Waals surface area contributed by atoms with Crippen LogP contribution in [-0.2, 0) is 15.9 Å². The van der Waals surface area contributed by atoms with Crippen LogP contribution >= 0.6 is 0 Å². The third-order valence-corrected chi connectivity index (χ3v) is 5.69. The molecule has 0 aromatic heterocycles. The van der Waals surface area contributed by atoms with E-state index in [0.29, 0.717) is 19.4 Å². The van der Waals surface area contributed by atoms with E-state index in [2.05, 4.69) is 6.58 Å². The molecule has 3 rings (SSSR count). The van der Waals surface area contributed by atoms with Crippen molar-refractivity contribution >= 4 is 6.09 Å². The van der Waals surface area contributed by atoms with Crippen LogP contribution in [0.25, 0.3) is 0 Å². The molecular weight excluding hydrogens is 369 g/mol. The topological polar surface area (TPSA) is 49.8 Å². The van der Waals surface area contributed by atoms with Gasteiger partial charge in [0.05, 0.1) is 11.6 Å². The summed E-state index contributed by atoms with van der Waals surface area (Å²) in [6.45, 7) is 9.74. The maximum Gasteiger partial charge on any atom is 0.411 e. The second-order valence-corrected chi connectivity index (χ2v) is 8.16. The quantitative estimate of drug-likeness (QED) is 0.662. The molecule has 0 spiro atoms. The highest BCUT2D eigenvalue weighted by Gasteiger charge is 2.42. The molecule has 1 amide bonds. The van der Waals surface area contributed by atoms with E-state index in [-0.39, 0.29) is 11.9 Å². The maximum atomic E-state index is 13.3. The fourth-order valence-corrected chi connectivity index (χ4v) is 3.82. The SMILES string of the molecule is C=CCC1(c2ccc(F)cc2)CCN([C@@H](C)c2ccc(C(C)(C)O)cc2)C(=O)O1. The smallest absolute Gasteiger partial charge is 0.411 e. The molecule has 154 valence electrons. The second kappa shape index (κ2) is 7.99. The van der Waals surface area contributed by atoms with Crippen molar-refractivity contribution in [2.45, 2.75) is 50.9 Å². The molecule has 5 heteroatoms. The molecule has 0 aliphatic carbocycles. The van der Waals surface area contributed by atoms with Crippen molar-refractivity contribution in [1.82, 2.24) is 4.90 Å². The summed E-state index contributed by atoms with van der Waals surface area (Å²) in [5.41, 5.74) is 0.816. The minimum atomic E-state index is -0.911. The van der Waals surface area contributed by atoms with Gasteiger partial charge in [-0.05, 0) is 49.6 Å². The van der Waals surface area contributed by atoms with Crippen LogP contribution < -0.4 is 0 Å². The largest absolute Gasteiger partial charge is 0.437 e. The van der Waals surface area contributed by atoms with Crippen molar-refractivity contribution in [2.75, 3.05) is 6.54 Å². The first-order valence-electron chi connectivity index (χ1n) is 9.86. The number of halogens is 1. The van der Waals surface area contributed by atoms with Gasteiger partial charge in [0, 0.05) is 19.4 Å². The molecule has 1 saturated heterocycles. The Bertz CT molecular complexity index is 870. The highest BCUT2D eigenvalue weighted by Crippen LogP contribution is 2.40. The van der Waals surface area contributed by atoms with E-state index in [0.717, 1.165) is 16.7 Å². The number of benzene rings is 2. The fourth-order valence-electron chi connectivity index (χ4n) is 3.82. The Morgan fingerprint density at radius 2 is 1.86 bits per heavy atom. The molecule has 1 fully saturated rings. The van der Waals surface area contributed by atoms with Crippen LogP contribution in [0.1, 0.15) is 56.3 Å². The van der Waals surface area contributed by atoms with E-state index < -0.39 is 17.3 Å². The van der Waals surface area contributed by atoms with Gasteiger partial charge in [0.2, 0.25) is 0 Å². The predicted molar refractivity (Wildman–Crippen MR) is 111 cm³/mol.